The maximum atomic E-state index is 12.6. The Kier molecular flexibility index (Phi) is 6.84. The molecule has 1 aromatic rings. The van der Waals surface area contributed by atoms with Gasteiger partial charge >= 0.3 is 0 Å². The van der Waals surface area contributed by atoms with Crippen LogP contribution in [0.25, 0.3) is 0 Å². The minimum Gasteiger partial charge on any atom is -0.396 e. The molecular formula is C19H33N3O2. The Morgan fingerprint density at radius 2 is 2.00 bits per heavy atom. The number of rotatable bonds is 6. The number of nitrogens with zero attached hydrogens (tertiary/aromatic N) is 2. The molecule has 2 rings (SSSR count). The van der Waals surface area contributed by atoms with Gasteiger partial charge in [0, 0.05) is 36.4 Å². The molecule has 0 spiro atoms. The number of hydrogen-bond acceptors (Lipinski definition) is 3. The molecule has 24 heavy (non-hydrogen) atoms. The lowest BCUT2D eigenvalue weighted by atomic mass is 9.95. The average molecular weight is 335 g/mol. The van der Waals surface area contributed by atoms with Gasteiger partial charge < -0.3 is 10.4 Å². The fraction of sp³-hybridized carbons (Fsp3) is 0.789. The number of amides is 1. The van der Waals surface area contributed by atoms with Crippen molar-refractivity contribution < 1.29 is 9.90 Å². The highest BCUT2D eigenvalue weighted by Crippen LogP contribution is 2.23. The molecule has 5 nitrogen and oxygen atoms in total. The fourth-order valence-electron chi connectivity index (χ4n) is 3.72. The first-order valence-corrected chi connectivity index (χ1v) is 9.35. The van der Waals surface area contributed by atoms with E-state index in [0.717, 1.165) is 49.2 Å². The molecule has 5 heteroatoms. The molecular weight excluding hydrogens is 302 g/mol. The molecule has 1 aromatic heterocycles. The summed E-state index contributed by atoms with van der Waals surface area (Å²) in [7, 11) is 0. The van der Waals surface area contributed by atoms with E-state index >= 15 is 0 Å². The van der Waals surface area contributed by atoms with Gasteiger partial charge in [0.25, 0.3) is 0 Å². The molecule has 1 aliphatic rings. The monoisotopic (exact) mass is 335 g/mol. The molecule has 0 bridgehead atoms. The van der Waals surface area contributed by atoms with Gasteiger partial charge in [0.05, 0.1) is 12.1 Å². The van der Waals surface area contributed by atoms with Gasteiger partial charge in [-0.1, -0.05) is 33.1 Å². The molecule has 2 atom stereocenters. The van der Waals surface area contributed by atoms with Crippen LogP contribution in [-0.2, 0) is 17.8 Å². The normalized spacial score (nSPS) is 21.8. The minimum atomic E-state index is 0.0515. The highest BCUT2D eigenvalue weighted by atomic mass is 16.3. The standard InChI is InChI=1S/C19H33N3O2/c1-13(2)11-22-15(4)17(14(3)21-22)10-19(24)20-18-9-7-5-6-8-16(18)12-23/h13,16,18,23H,5-12H2,1-4H3,(H,20,24). The van der Waals surface area contributed by atoms with Crippen LogP contribution in [0.15, 0.2) is 0 Å². The summed E-state index contributed by atoms with van der Waals surface area (Å²) in [4.78, 5) is 12.6. The van der Waals surface area contributed by atoms with Gasteiger partial charge in [-0.25, -0.2) is 0 Å². The van der Waals surface area contributed by atoms with Crippen molar-refractivity contribution in [3.8, 4) is 0 Å². The number of aliphatic hydroxyl groups is 1. The van der Waals surface area contributed by atoms with E-state index in [0.29, 0.717) is 12.3 Å². The molecule has 1 amide bonds. The quantitative estimate of drug-likeness (QED) is 0.786. The van der Waals surface area contributed by atoms with Gasteiger partial charge in [-0.3, -0.25) is 9.48 Å². The highest BCUT2D eigenvalue weighted by molar-refractivity contribution is 5.79. The Balaban J connectivity index is 2.02. The Hall–Kier alpha value is -1.36. The van der Waals surface area contributed by atoms with Crippen molar-refractivity contribution in [1.82, 2.24) is 15.1 Å². The number of carbonyl (C=O) groups is 1. The minimum absolute atomic E-state index is 0.0515. The van der Waals surface area contributed by atoms with Crippen LogP contribution in [0, 0.1) is 25.7 Å². The number of hydrogen-bond donors (Lipinski definition) is 2. The molecule has 1 aliphatic carbocycles. The van der Waals surface area contributed by atoms with Crippen molar-refractivity contribution >= 4 is 5.91 Å². The largest absolute Gasteiger partial charge is 0.396 e. The molecule has 1 heterocycles. The second-order valence-corrected chi connectivity index (χ2v) is 7.66. The molecule has 1 fully saturated rings. The summed E-state index contributed by atoms with van der Waals surface area (Å²) in [6.07, 6.45) is 5.84. The summed E-state index contributed by atoms with van der Waals surface area (Å²) < 4.78 is 2.02. The fourth-order valence-corrected chi connectivity index (χ4v) is 3.72. The first kappa shape index (κ1) is 19.0. The van der Waals surface area contributed by atoms with E-state index in [2.05, 4.69) is 24.3 Å². The van der Waals surface area contributed by atoms with Crippen molar-refractivity contribution in [2.75, 3.05) is 6.61 Å². The number of nitrogens with one attached hydrogen (secondary N) is 1. The first-order valence-electron chi connectivity index (χ1n) is 9.35. The zero-order valence-electron chi connectivity index (χ0n) is 15.6. The van der Waals surface area contributed by atoms with Crippen LogP contribution in [0.3, 0.4) is 0 Å². The van der Waals surface area contributed by atoms with Crippen LogP contribution in [0.1, 0.15) is 62.9 Å². The van der Waals surface area contributed by atoms with Crippen LogP contribution in [0.4, 0.5) is 0 Å². The van der Waals surface area contributed by atoms with Gasteiger partial charge in [-0.2, -0.15) is 5.10 Å². The van der Waals surface area contributed by atoms with Crippen molar-refractivity contribution in [3.05, 3.63) is 17.0 Å². The highest BCUT2D eigenvalue weighted by Gasteiger charge is 2.25. The van der Waals surface area contributed by atoms with Crippen molar-refractivity contribution in [2.24, 2.45) is 11.8 Å². The molecule has 0 saturated heterocycles. The van der Waals surface area contributed by atoms with E-state index in [4.69, 9.17) is 0 Å². The maximum Gasteiger partial charge on any atom is 0.224 e. The summed E-state index contributed by atoms with van der Waals surface area (Å²) >= 11 is 0. The van der Waals surface area contributed by atoms with E-state index in [1.165, 1.54) is 6.42 Å². The van der Waals surface area contributed by atoms with E-state index in [1.54, 1.807) is 0 Å². The first-order chi connectivity index (χ1) is 11.4. The molecule has 2 N–H and O–H groups in total. The van der Waals surface area contributed by atoms with E-state index < -0.39 is 0 Å². The predicted octanol–water partition coefficient (Wildman–Crippen LogP) is 2.76. The molecule has 0 aromatic carbocycles. The van der Waals surface area contributed by atoms with Gasteiger partial charge in [0.15, 0.2) is 0 Å². The second-order valence-electron chi connectivity index (χ2n) is 7.66. The molecule has 0 radical (unpaired) electrons. The van der Waals surface area contributed by atoms with Gasteiger partial charge in [-0.15, -0.1) is 0 Å². The lowest BCUT2D eigenvalue weighted by Crippen LogP contribution is -2.41. The second kappa shape index (κ2) is 8.65. The third-order valence-electron chi connectivity index (χ3n) is 5.15. The van der Waals surface area contributed by atoms with Crippen LogP contribution in [0.2, 0.25) is 0 Å². The van der Waals surface area contributed by atoms with Crippen LogP contribution in [-0.4, -0.2) is 33.4 Å². The lowest BCUT2D eigenvalue weighted by Gasteiger charge is -2.24. The third kappa shape index (κ3) is 4.82. The molecule has 136 valence electrons. The summed E-state index contributed by atoms with van der Waals surface area (Å²) in [6, 6.07) is 0.108. The number of carbonyl (C=O) groups excluding carboxylic acids is 1. The summed E-state index contributed by atoms with van der Waals surface area (Å²) in [6.45, 7) is 9.41. The van der Waals surface area contributed by atoms with Crippen LogP contribution < -0.4 is 5.32 Å². The van der Waals surface area contributed by atoms with Crippen molar-refractivity contribution in [3.63, 3.8) is 0 Å². The Labute approximate surface area is 145 Å². The number of aliphatic hydroxyl groups excluding tert-OH is 1. The number of aryl methyl sites for hydroxylation is 1. The molecule has 2 unspecified atom stereocenters. The summed E-state index contributed by atoms with van der Waals surface area (Å²) in [5.41, 5.74) is 3.08. The Morgan fingerprint density at radius 1 is 1.29 bits per heavy atom. The van der Waals surface area contributed by atoms with Gasteiger partial charge in [0.1, 0.15) is 0 Å². The molecule has 0 aliphatic heterocycles. The maximum absolute atomic E-state index is 12.6. The average Bonchev–Trinajstić information content (AvgIpc) is 2.70. The Bertz CT molecular complexity index is 551. The van der Waals surface area contributed by atoms with E-state index in [-0.39, 0.29) is 24.5 Å². The zero-order valence-corrected chi connectivity index (χ0v) is 15.6. The zero-order chi connectivity index (χ0) is 17.7. The predicted molar refractivity (Wildman–Crippen MR) is 95.8 cm³/mol. The smallest absolute Gasteiger partial charge is 0.224 e. The van der Waals surface area contributed by atoms with Crippen molar-refractivity contribution in [1.29, 1.82) is 0 Å². The van der Waals surface area contributed by atoms with E-state index in [9.17, 15) is 9.90 Å². The van der Waals surface area contributed by atoms with Crippen LogP contribution >= 0.6 is 0 Å². The van der Waals surface area contributed by atoms with Gasteiger partial charge in [-0.05, 0) is 32.6 Å². The van der Waals surface area contributed by atoms with Crippen molar-refractivity contribution in [2.45, 2.75) is 78.8 Å². The third-order valence-corrected chi connectivity index (χ3v) is 5.15. The molecule has 1 saturated carbocycles. The van der Waals surface area contributed by atoms with Crippen LogP contribution in [0.5, 0.6) is 0 Å². The number of aromatic nitrogens is 2. The summed E-state index contributed by atoms with van der Waals surface area (Å²) in [5.74, 6) is 0.777. The summed E-state index contributed by atoms with van der Waals surface area (Å²) in [5, 5.41) is 17.4. The SMILES string of the molecule is Cc1nn(CC(C)C)c(C)c1CC(=O)NC1CCCCCC1CO. The lowest BCUT2D eigenvalue weighted by molar-refractivity contribution is -0.121. The topological polar surface area (TPSA) is 67.2 Å². The van der Waals surface area contributed by atoms with Gasteiger partial charge in [0.2, 0.25) is 5.91 Å². The Morgan fingerprint density at radius 3 is 2.67 bits per heavy atom. The van der Waals surface area contributed by atoms with E-state index in [1.807, 2.05) is 18.5 Å².